The molecule has 1 N–H and O–H groups in total. The van der Waals surface area contributed by atoms with Gasteiger partial charge in [-0.1, -0.05) is 42.5 Å². The van der Waals surface area contributed by atoms with Crippen molar-refractivity contribution >= 4 is 11.9 Å². The van der Waals surface area contributed by atoms with Crippen molar-refractivity contribution in [1.82, 2.24) is 5.32 Å². The molecule has 106 valence electrons. The van der Waals surface area contributed by atoms with Gasteiger partial charge < -0.3 is 10.1 Å². The van der Waals surface area contributed by atoms with E-state index in [4.69, 9.17) is 4.74 Å². The minimum absolute atomic E-state index is 0.0211. The fourth-order valence-electron chi connectivity index (χ4n) is 2.06. The second-order valence-corrected chi connectivity index (χ2v) is 4.74. The fourth-order valence-corrected chi connectivity index (χ4v) is 2.06. The topological polar surface area (TPSA) is 55.4 Å². The zero-order chi connectivity index (χ0) is 14.2. The second kappa shape index (κ2) is 7.48. The lowest BCUT2D eigenvalue weighted by Gasteiger charge is -2.19. The molecule has 1 aromatic carbocycles. The Labute approximate surface area is 118 Å². The van der Waals surface area contributed by atoms with Gasteiger partial charge in [-0.2, -0.15) is 0 Å². The van der Waals surface area contributed by atoms with Gasteiger partial charge in [-0.15, -0.1) is 0 Å². The molecule has 1 aliphatic heterocycles. The summed E-state index contributed by atoms with van der Waals surface area (Å²) in [4.78, 5) is 23.5. The van der Waals surface area contributed by atoms with E-state index >= 15 is 0 Å². The Kier molecular flexibility index (Phi) is 5.35. The van der Waals surface area contributed by atoms with Crippen LogP contribution in [0.1, 0.15) is 37.4 Å². The number of hydrogen-bond acceptors (Lipinski definition) is 3. The van der Waals surface area contributed by atoms with Crippen LogP contribution in [-0.2, 0) is 14.3 Å². The van der Waals surface area contributed by atoms with Gasteiger partial charge in [-0.3, -0.25) is 9.59 Å². The summed E-state index contributed by atoms with van der Waals surface area (Å²) in [6, 6.07) is 9.49. The molecule has 1 heterocycles. The first-order valence-corrected chi connectivity index (χ1v) is 6.92. The molecule has 0 aliphatic carbocycles. The summed E-state index contributed by atoms with van der Waals surface area (Å²) in [7, 11) is 0. The molecule has 1 aromatic rings. The Morgan fingerprint density at radius 2 is 1.70 bits per heavy atom. The van der Waals surface area contributed by atoms with Crippen LogP contribution >= 0.6 is 0 Å². The van der Waals surface area contributed by atoms with Gasteiger partial charge >= 0.3 is 5.97 Å². The Bertz CT molecular complexity index is 482. The summed E-state index contributed by atoms with van der Waals surface area (Å²) in [5.74, 6) is -0.259. The van der Waals surface area contributed by atoms with Gasteiger partial charge in [0.1, 0.15) is 6.10 Å². The maximum absolute atomic E-state index is 11.8. The van der Waals surface area contributed by atoms with Crippen molar-refractivity contribution in [2.24, 2.45) is 0 Å². The summed E-state index contributed by atoms with van der Waals surface area (Å²) in [5.41, 5.74) is 0.897. The minimum Gasteiger partial charge on any atom is -0.456 e. The van der Waals surface area contributed by atoms with Gasteiger partial charge in [0.15, 0.2) is 0 Å². The molecular weight excluding hydrogens is 254 g/mol. The molecular formula is C16H19NO3. The van der Waals surface area contributed by atoms with Crippen LogP contribution in [0.3, 0.4) is 0 Å². The molecule has 4 nitrogen and oxygen atoms in total. The Balaban J connectivity index is 2.09. The monoisotopic (exact) mass is 273 g/mol. The second-order valence-electron chi connectivity index (χ2n) is 4.74. The number of esters is 1. The highest BCUT2D eigenvalue weighted by Crippen LogP contribution is 2.18. The number of allylic oxidation sites excluding steroid dienone is 2. The van der Waals surface area contributed by atoms with Gasteiger partial charge in [0, 0.05) is 12.8 Å². The van der Waals surface area contributed by atoms with Crippen molar-refractivity contribution in [3.05, 3.63) is 48.0 Å². The van der Waals surface area contributed by atoms with Gasteiger partial charge in [0.2, 0.25) is 5.91 Å². The minimum atomic E-state index is -0.420. The first kappa shape index (κ1) is 14.3. The third kappa shape index (κ3) is 4.53. The summed E-state index contributed by atoms with van der Waals surface area (Å²) < 4.78 is 5.47. The van der Waals surface area contributed by atoms with E-state index in [2.05, 4.69) is 5.32 Å². The van der Waals surface area contributed by atoms with Crippen molar-refractivity contribution in [2.45, 2.75) is 31.8 Å². The predicted octanol–water partition coefficient (Wildman–Crippen LogP) is 2.52. The van der Waals surface area contributed by atoms with E-state index in [1.54, 1.807) is 0 Å². The van der Waals surface area contributed by atoms with Crippen LogP contribution in [0.5, 0.6) is 0 Å². The molecule has 0 aromatic heterocycles. The van der Waals surface area contributed by atoms with Gasteiger partial charge in [0.25, 0.3) is 0 Å². The molecule has 0 spiro atoms. The van der Waals surface area contributed by atoms with Gasteiger partial charge in [0.05, 0.1) is 6.54 Å². The Morgan fingerprint density at radius 3 is 2.45 bits per heavy atom. The molecule has 0 radical (unpaired) electrons. The third-order valence-corrected chi connectivity index (χ3v) is 3.15. The molecule has 0 bridgehead atoms. The molecule has 2 rings (SSSR count). The van der Waals surface area contributed by atoms with Crippen molar-refractivity contribution < 1.29 is 14.3 Å². The number of ether oxygens (including phenoxy) is 1. The zero-order valence-electron chi connectivity index (χ0n) is 11.4. The van der Waals surface area contributed by atoms with E-state index in [0.717, 1.165) is 5.56 Å². The highest BCUT2D eigenvalue weighted by atomic mass is 16.5. The van der Waals surface area contributed by atoms with Crippen LogP contribution in [0.2, 0.25) is 0 Å². The lowest BCUT2D eigenvalue weighted by Crippen LogP contribution is -2.30. The number of benzene rings is 1. The average Bonchev–Trinajstić information content (AvgIpc) is 2.46. The molecule has 20 heavy (non-hydrogen) atoms. The molecule has 1 aliphatic rings. The van der Waals surface area contributed by atoms with Crippen LogP contribution in [0.15, 0.2) is 42.5 Å². The molecule has 1 amide bonds. The zero-order valence-corrected chi connectivity index (χ0v) is 11.4. The summed E-state index contributed by atoms with van der Waals surface area (Å²) in [6.07, 6.45) is 5.63. The van der Waals surface area contributed by atoms with E-state index in [0.29, 0.717) is 32.2 Å². The predicted molar refractivity (Wildman–Crippen MR) is 75.9 cm³/mol. The Hall–Kier alpha value is -2.10. The molecule has 1 unspecified atom stereocenters. The lowest BCUT2D eigenvalue weighted by molar-refractivity contribution is -0.149. The number of cyclic esters (lactones) is 1. The van der Waals surface area contributed by atoms with Crippen molar-refractivity contribution in [3.8, 4) is 0 Å². The summed E-state index contributed by atoms with van der Waals surface area (Å²) in [6.45, 7) is 0.318. The number of rotatable bonds is 1. The van der Waals surface area contributed by atoms with E-state index in [-0.39, 0.29) is 11.9 Å². The van der Waals surface area contributed by atoms with Crippen molar-refractivity contribution in [1.29, 1.82) is 0 Å². The van der Waals surface area contributed by atoms with E-state index in [9.17, 15) is 9.59 Å². The van der Waals surface area contributed by atoms with Crippen LogP contribution in [0.4, 0.5) is 0 Å². The normalized spacial score (nSPS) is 21.3. The van der Waals surface area contributed by atoms with Gasteiger partial charge in [-0.05, 0) is 18.4 Å². The van der Waals surface area contributed by atoms with Crippen molar-refractivity contribution in [2.75, 3.05) is 6.54 Å². The number of nitrogens with one attached hydrogen (secondary N) is 1. The van der Waals surface area contributed by atoms with Crippen molar-refractivity contribution in [3.63, 3.8) is 0 Å². The molecule has 1 atom stereocenters. The number of carbonyl (C=O) groups is 2. The number of amides is 1. The number of hydrogen-bond donors (Lipinski definition) is 1. The lowest BCUT2D eigenvalue weighted by atomic mass is 10.1. The molecule has 0 saturated heterocycles. The molecule has 0 saturated carbocycles. The van der Waals surface area contributed by atoms with Gasteiger partial charge in [-0.25, -0.2) is 0 Å². The average molecular weight is 273 g/mol. The van der Waals surface area contributed by atoms with E-state index < -0.39 is 6.10 Å². The largest absolute Gasteiger partial charge is 0.456 e. The van der Waals surface area contributed by atoms with Crippen LogP contribution < -0.4 is 5.32 Å². The van der Waals surface area contributed by atoms with Crippen LogP contribution in [0.25, 0.3) is 0 Å². The summed E-state index contributed by atoms with van der Waals surface area (Å²) in [5, 5.41) is 2.82. The first-order chi connectivity index (χ1) is 9.75. The molecule has 0 fully saturated rings. The highest BCUT2D eigenvalue weighted by molar-refractivity contribution is 5.76. The third-order valence-electron chi connectivity index (χ3n) is 3.15. The standard InChI is InChI=1S/C16H19NO3/c18-15-10-6-1-2-7-11-16(19)20-14(12-17-15)13-8-4-3-5-9-13/h1-5,8-9,14H,6-7,10-12H2,(H,17,18). The van der Waals surface area contributed by atoms with E-state index in [1.807, 2.05) is 42.5 Å². The maximum Gasteiger partial charge on any atom is 0.306 e. The molecule has 4 heteroatoms. The SMILES string of the molecule is O=C1CCC=CCCC(=O)OC(c2ccccc2)CN1. The highest BCUT2D eigenvalue weighted by Gasteiger charge is 2.17. The first-order valence-electron chi connectivity index (χ1n) is 6.92. The quantitative estimate of drug-likeness (QED) is 0.632. The fraction of sp³-hybridized carbons (Fsp3) is 0.375. The smallest absolute Gasteiger partial charge is 0.306 e. The Morgan fingerprint density at radius 1 is 1.00 bits per heavy atom. The van der Waals surface area contributed by atoms with Crippen LogP contribution in [-0.4, -0.2) is 18.4 Å². The maximum atomic E-state index is 11.8. The van der Waals surface area contributed by atoms with E-state index in [1.165, 1.54) is 0 Å². The number of carbonyl (C=O) groups excluding carboxylic acids is 2. The van der Waals surface area contributed by atoms with Crippen LogP contribution in [0, 0.1) is 0 Å². The summed E-state index contributed by atoms with van der Waals surface area (Å²) >= 11 is 0.